The molecule has 0 fully saturated rings. The molecule has 1 aromatic rings. The van der Waals surface area contributed by atoms with E-state index in [0.29, 0.717) is 22.2 Å². The normalized spacial score (nSPS) is 12.4. The van der Waals surface area contributed by atoms with Gasteiger partial charge >= 0.3 is 0 Å². The fourth-order valence-corrected chi connectivity index (χ4v) is 2.04. The number of carbonyl (C=O) groups is 1. The maximum absolute atomic E-state index is 11.4. The lowest BCUT2D eigenvalue weighted by atomic mass is 10.1. The Morgan fingerprint density at radius 2 is 2.00 bits per heavy atom. The van der Waals surface area contributed by atoms with Crippen molar-refractivity contribution in [3.05, 3.63) is 33.8 Å². The number of halogens is 2. The molecule has 1 rings (SSSR count). The summed E-state index contributed by atoms with van der Waals surface area (Å²) in [7, 11) is 0. The second kappa shape index (κ2) is 6.09. The summed E-state index contributed by atoms with van der Waals surface area (Å²) in [6, 6.07) is 4.46. The summed E-state index contributed by atoms with van der Waals surface area (Å²) in [4.78, 5) is 11.4. The van der Waals surface area contributed by atoms with Crippen molar-refractivity contribution >= 4 is 29.1 Å². The van der Waals surface area contributed by atoms with E-state index in [9.17, 15) is 4.79 Å². The van der Waals surface area contributed by atoms with Gasteiger partial charge in [-0.15, -0.1) is 0 Å². The minimum Gasteiger partial charge on any atom is -0.368 e. The van der Waals surface area contributed by atoms with Crippen LogP contribution in [0.15, 0.2) is 18.2 Å². The van der Waals surface area contributed by atoms with Crippen molar-refractivity contribution < 1.29 is 4.79 Å². The summed E-state index contributed by atoms with van der Waals surface area (Å²) < 4.78 is 0. The number of hydrogen-bond donors (Lipinski definition) is 2. The van der Waals surface area contributed by atoms with Gasteiger partial charge in [0, 0.05) is 15.6 Å². The maximum atomic E-state index is 11.4. The SMILES string of the molecule is CCCNC(C(N)=O)c1c(Cl)cccc1Cl. The Balaban J connectivity index is 3.05. The molecule has 16 heavy (non-hydrogen) atoms. The van der Waals surface area contributed by atoms with E-state index < -0.39 is 11.9 Å². The van der Waals surface area contributed by atoms with Crippen LogP contribution < -0.4 is 11.1 Å². The molecular weight excluding hydrogens is 247 g/mol. The van der Waals surface area contributed by atoms with Crippen molar-refractivity contribution in [1.82, 2.24) is 5.32 Å². The van der Waals surface area contributed by atoms with E-state index in [-0.39, 0.29) is 0 Å². The van der Waals surface area contributed by atoms with Crippen LogP contribution in [0.4, 0.5) is 0 Å². The first-order chi connectivity index (χ1) is 7.57. The number of hydrogen-bond acceptors (Lipinski definition) is 2. The highest BCUT2D eigenvalue weighted by Crippen LogP contribution is 2.30. The third-order valence-electron chi connectivity index (χ3n) is 2.17. The molecule has 1 atom stereocenters. The molecule has 1 amide bonds. The van der Waals surface area contributed by atoms with Crippen LogP contribution >= 0.6 is 23.2 Å². The summed E-state index contributed by atoms with van der Waals surface area (Å²) in [6.45, 7) is 2.68. The smallest absolute Gasteiger partial charge is 0.239 e. The van der Waals surface area contributed by atoms with Crippen LogP contribution in [-0.4, -0.2) is 12.5 Å². The highest BCUT2D eigenvalue weighted by molar-refractivity contribution is 6.36. The molecule has 1 aromatic carbocycles. The molecular formula is C11H14Cl2N2O. The monoisotopic (exact) mass is 260 g/mol. The van der Waals surface area contributed by atoms with Crippen molar-refractivity contribution in [3.8, 4) is 0 Å². The third-order valence-corrected chi connectivity index (χ3v) is 2.83. The van der Waals surface area contributed by atoms with Crippen LogP contribution in [0.3, 0.4) is 0 Å². The van der Waals surface area contributed by atoms with E-state index in [4.69, 9.17) is 28.9 Å². The number of benzene rings is 1. The van der Waals surface area contributed by atoms with E-state index in [2.05, 4.69) is 5.32 Å². The van der Waals surface area contributed by atoms with Crippen molar-refractivity contribution in [2.24, 2.45) is 5.73 Å². The average molecular weight is 261 g/mol. The highest BCUT2D eigenvalue weighted by atomic mass is 35.5. The quantitative estimate of drug-likeness (QED) is 0.855. The summed E-state index contributed by atoms with van der Waals surface area (Å²) >= 11 is 12.0. The van der Waals surface area contributed by atoms with Gasteiger partial charge in [-0.25, -0.2) is 0 Å². The molecule has 88 valence electrons. The van der Waals surface area contributed by atoms with Gasteiger partial charge in [0.05, 0.1) is 0 Å². The Bertz CT molecular complexity index is 362. The van der Waals surface area contributed by atoms with Gasteiger partial charge in [0.25, 0.3) is 0 Å². The van der Waals surface area contributed by atoms with Crippen LogP contribution in [0.1, 0.15) is 24.9 Å². The van der Waals surface area contributed by atoms with Gasteiger partial charge < -0.3 is 11.1 Å². The molecule has 3 N–H and O–H groups in total. The van der Waals surface area contributed by atoms with E-state index in [1.54, 1.807) is 18.2 Å². The Morgan fingerprint density at radius 1 is 1.44 bits per heavy atom. The number of nitrogens with one attached hydrogen (secondary N) is 1. The van der Waals surface area contributed by atoms with E-state index in [1.165, 1.54) is 0 Å². The molecule has 0 bridgehead atoms. The molecule has 0 aliphatic heterocycles. The molecule has 3 nitrogen and oxygen atoms in total. The molecule has 1 unspecified atom stereocenters. The molecule has 0 aliphatic carbocycles. The van der Waals surface area contributed by atoms with Crippen LogP contribution in [-0.2, 0) is 4.79 Å². The molecule has 0 aliphatic rings. The Morgan fingerprint density at radius 3 is 2.44 bits per heavy atom. The molecule has 0 spiro atoms. The average Bonchev–Trinajstić information content (AvgIpc) is 2.21. The predicted molar refractivity (Wildman–Crippen MR) is 66.7 cm³/mol. The van der Waals surface area contributed by atoms with Crippen molar-refractivity contribution in [2.75, 3.05) is 6.54 Å². The summed E-state index contributed by atoms with van der Waals surface area (Å²) in [5, 5.41) is 3.91. The van der Waals surface area contributed by atoms with Crippen molar-refractivity contribution in [3.63, 3.8) is 0 Å². The van der Waals surface area contributed by atoms with Gasteiger partial charge in [0.2, 0.25) is 5.91 Å². The van der Waals surface area contributed by atoms with Crippen LogP contribution in [0.25, 0.3) is 0 Å². The van der Waals surface area contributed by atoms with Crippen LogP contribution in [0, 0.1) is 0 Å². The molecule has 0 heterocycles. The van der Waals surface area contributed by atoms with Crippen LogP contribution in [0.5, 0.6) is 0 Å². The van der Waals surface area contributed by atoms with Crippen molar-refractivity contribution in [1.29, 1.82) is 0 Å². The zero-order valence-electron chi connectivity index (χ0n) is 8.97. The predicted octanol–water partition coefficient (Wildman–Crippen LogP) is 2.52. The number of carbonyl (C=O) groups excluding carboxylic acids is 1. The lowest BCUT2D eigenvalue weighted by Gasteiger charge is -2.17. The fourth-order valence-electron chi connectivity index (χ4n) is 1.42. The number of nitrogens with two attached hydrogens (primary N) is 1. The Kier molecular flexibility index (Phi) is 5.06. The summed E-state index contributed by atoms with van der Waals surface area (Å²) in [5.41, 5.74) is 5.88. The number of rotatable bonds is 5. The second-order valence-electron chi connectivity index (χ2n) is 3.42. The van der Waals surface area contributed by atoms with Gasteiger partial charge in [-0.05, 0) is 25.1 Å². The van der Waals surface area contributed by atoms with Gasteiger partial charge in [-0.3, -0.25) is 4.79 Å². The minimum atomic E-state index is -0.638. The van der Waals surface area contributed by atoms with Gasteiger partial charge in [-0.1, -0.05) is 36.2 Å². The largest absolute Gasteiger partial charge is 0.368 e. The highest BCUT2D eigenvalue weighted by Gasteiger charge is 2.22. The molecule has 0 aromatic heterocycles. The zero-order chi connectivity index (χ0) is 12.1. The number of amides is 1. The van der Waals surface area contributed by atoms with E-state index in [1.807, 2.05) is 6.92 Å². The first-order valence-electron chi connectivity index (χ1n) is 5.04. The molecule has 5 heteroatoms. The van der Waals surface area contributed by atoms with Gasteiger partial charge in [0.15, 0.2) is 0 Å². The third kappa shape index (κ3) is 3.11. The lowest BCUT2D eigenvalue weighted by molar-refractivity contribution is -0.120. The topological polar surface area (TPSA) is 55.1 Å². The summed E-state index contributed by atoms with van der Waals surface area (Å²) in [5.74, 6) is -0.483. The Hall–Kier alpha value is -0.770. The number of primary amides is 1. The summed E-state index contributed by atoms with van der Waals surface area (Å²) in [6.07, 6.45) is 0.895. The second-order valence-corrected chi connectivity index (χ2v) is 4.24. The standard InChI is InChI=1S/C11H14Cl2N2O/c1-2-6-15-10(11(14)16)9-7(12)4-3-5-8(9)13/h3-5,10,15H,2,6H2,1H3,(H2,14,16). The zero-order valence-corrected chi connectivity index (χ0v) is 10.5. The van der Waals surface area contributed by atoms with E-state index >= 15 is 0 Å². The first kappa shape index (κ1) is 13.3. The molecule has 0 saturated heterocycles. The van der Waals surface area contributed by atoms with E-state index in [0.717, 1.165) is 6.42 Å². The fraction of sp³-hybridized carbons (Fsp3) is 0.364. The molecule has 0 saturated carbocycles. The van der Waals surface area contributed by atoms with Gasteiger partial charge in [-0.2, -0.15) is 0 Å². The minimum absolute atomic E-state index is 0.444. The van der Waals surface area contributed by atoms with Gasteiger partial charge in [0.1, 0.15) is 6.04 Å². The maximum Gasteiger partial charge on any atom is 0.239 e. The first-order valence-corrected chi connectivity index (χ1v) is 5.80. The van der Waals surface area contributed by atoms with Crippen molar-refractivity contribution in [2.45, 2.75) is 19.4 Å². The molecule has 0 radical (unpaired) electrons. The lowest BCUT2D eigenvalue weighted by Crippen LogP contribution is -2.34. The van der Waals surface area contributed by atoms with Crippen LogP contribution in [0.2, 0.25) is 10.0 Å². The Labute approximate surface area is 105 Å².